The van der Waals surface area contributed by atoms with Gasteiger partial charge in [-0.25, -0.2) is 5.43 Å². The van der Waals surface area contributed by atoms with Crippen LogP contribution in [0.25, 0.3) is 0 Å². The number of amides is 1. The third-order valence-corrected chi connectivity index (χ3v) is 4.37. The highest BCUT2D eigenvalue weighted by atomic mass is 79.9. The lowest BCUT2D eigenvalue weighted by molar-refractivity contribution is -0.120. The average molecular weight is 389 g/mol. The quantitative estimate of drug-likeness (QED) is 0.630. The van der Waals surface area contributed by atoms with Crippen molar-refractivity contribution in [2.75, 3.05) is 6.79 Å². The van der Waals surface area contributed by atoms with Crippen molar-refractivity contribution in [2.45, 2.75) is 19.8 Å². The maximum Gasteiger partial charge on any atom is 0.244 e. The van der Waals surface area contributed by atoms with E-state index in [4.69, 9.17) is 9.47 Å². The number of carbonyl (C=O) groups excluding carboxylic acids is 1. The van der Waals surface area contributed by atoms with Crippen LogP contribution in [0.15, 0.2) is 46.0 Å². The Balaban J connectivity index is 1.58. The van der Waals surface area contributed by atoms with Gasteiger partial charge < -0.3 is 9.47 Å². The van der Waals surface area contributed by atoms with Crippen molar-refractivity contribution in [3.63, 3.8) is 0 Å². The summed E-state index contributed by atoms with van der Waals surface area (Å²) in [5.74, 6) is 1.20. The number of rotatable bonds is 5. The van der Waals surface area contributed by atoms with Gasteiger partial charge in [0.1, 0.15) is 0 Å². The third kappa shape index (κ3) is 3.94. The summed E-state index contributed by atoms with van der Waals surface area (Å²) in [6.07, 6.45) is 2.86. The van der Waals surface area contributed by atoms with E-state index in [1.807, 2.05) is 36.4 Å². The number of fused-ring (bicyclic) bond motifs is 1. The maximum absolute atomic E-state index is 11.9. The molecule has 24 heavy (non-hydrogen) atoms. The Kier molecular flexibility index (Phi) is 5.15. The Morgan fingerprint density at radius 1 is 1.21 bits per heavy atom. The molecule has 1 amide bonds. The van der Waals surface area contributed by atoms with E-state index in [2.05, 4.69) is 33.4 Å². The predicted octanol–water partition coefficient (Wildman–Crippen LogP) is 3.43. The second kappa shape index (κ2) is 7.49. The number of ether oxygens (including phenoxy) is 2. The number of hydrazone groups is 1. The summed E-state index contributed by atoms with van der Waals surface area (Å²) in [6.45, 7) is 2.32. The molecule has 124 valence electrons. The molecule has 0 unspecified atom stereocenters. The molecule has 0 spiro atoms. The molecule has 0 atom stereocenters. The third-order valence-electron chi connectivity index (χ3n) is 3.68. The molecule has 3 rings (SSSR count). The summed E-state index contributed by atoms with van der Waals surface area (Å²) < 4.78 is 11.4. The Bertz CT molecular complexity index is 773. The Morgan fingerprint density at radius 3 is 2.58 bits per heavy atom. The highest BCUT2D eigenvalue weighted by Gasteiger charge is 2.15. The van der Waals surface area contributed by atoms with Crippen molar-refractivity contribution in [1.82, 2.24) is 5.43 Å². The number of nitrogens with one attached hydrogen (secondary N) is 1. The molecule has 0 bridgehead atoms. The number of carbonyl (C=O) groups is 1. The molecule has 2 aromatic carbocycles. The van der Waals surface area contributed by atoms with E-state index < -0.39 is 0 Å². The average Bonchev–Trinajstić information content (AvgIpc) is 3.02. The van der Waals surface area contributed by atoms with Crippen LogP contribution < -0.4 is 14.9 Å². The standard InChI is InChI=1S/C18H17BrN2O3/c1-2-12-3-5-13(6-4-12)7-18(22)21-20-10-14-8-16-17(9-15(14)19)24-11-23-16/h3-6,8-10H,2,7,11H2,1H3,(H,21,22)/b20-10-. The SMILES string of the molecule is CCc1ccc(CC(=O)N/N=C\c2cc3c(cc2Br)OCO3)cc1. The van der Waals surface area contributed by atoms with Gasteiger partial charge in [0.25, 0.3) is 0 Å². The Morgan fingerprint density at radius 2 is 1.88 bits per heavy atom. The molecule has 2 aromatic rings. The highest BCUT2D eigenvalue weighted by molar-refractivity contribution is 9.10. The Labute approximate surface area is 148 Å². The monoisotopic (exact) mass is 388 g/mol. The van der Waals surface area contributed by atoms with Gasteiger partial charge in [0.05, 0.1) is 12.6 Å². The van der Waals surface area contributed by atoms with Crippen molar-refractivity contribution >= 4 is 28.1 Å². The number of nitrogens with zero attached hydrogens (tertiary/aromatic N) is 1. The first kappa shape index (κ1) is 16.5. The van der Waals surface area contributed by atoms with Gasteiger partial charge in [0, 0.05) is 10.0 Å². The first-order valence-electron chi connectivity index (χ1n) is 7.64. The molecule has 0 aliphatic carbocycles. The molecule has 0 aromatic heterocycles. The lowest BCUT2D eigenvalue weighted by Crippen LogP contribution is -2.19. The van der Waals surface area contributed by atoms with E-state index in [9.17, 15) is 4.79 Å². The number of aryl methyl sites for hydroxylation is 1. The lowest BCUT2D eigenvalue weighted by Gasteiger charge is -2.03. The molecule has 1 N–H and O–H groups in total. The van der Waals surface area contributed by atoms with Crippen LogP contribution in [0, 0.1) is 0 Å². The zero-order valence-electron chi connectivity index (χ0n) is 13.2. The van der Waals surface area contributed by atoms with Gasteiger partial charge in [-0.2, -0.15) is 5.10 Å². The Hall–Kier alpha value is -2.34. The van der Waals surface area contributed by atoms with E-state index >= 15 is 0 Å². The van der Waals surface area contributed by atoms with Crippen LogP contribution >= 0.6 is 15.9 Å². The van der Waals surface area contributed by atoms with Crippen LogP contribution in [0.2, 0.25) is 0 Å². The van der Waals surface area contributed by atoms with Crippen molar-refractivity contribution in [3.8, 4) is 11.5 Å². The van der Waals surface area contributed by atoms with Crippen LogP contribution in [0.4, 0.5) is 0 Å². The first-order valence-corrected chi connectivity index (χ1v) is 8.44. The second-order valence-electron chi connectivity index (χ2n) is 5.37. The minimum absolute atomic E-state index is 0.160. The summed E-state index contributed by atoms with van der Waals surface area (Å²) >= 11 is 3.44. The highest BCUT2D eigenvalue weighted by Crippen LogP contribution is 2.36. The van der Waals surface area contributed by atoms with Gasteiger partial charge in [-0.1, -0.05) is 31.2 Å². The van der Waals surface area contributed by atoms with Gasteiger partial charge >= 0.3 is 0 Å². The van der Waals surface area contributed by atoms with E-state index in [0.717, 1.165) is 22.0 Å². The predicted molar refractivity (Wildman–Crippen MR) is 95.5 cm³/mol. The van der Waals surface area contributed by atoms with Gasteiger partial charge in [-0.15, -0.1) is 0 Å². The molecular formula is C18H17BrN2O3. The summed E-state index contributed by atoms with van der Waals surface area (Å²) in [6, 6.07) is 11.6. The minimum atomic E-state index is -0.160. The lowest BCUT2D eigenvalue weighted by atomic mass is 10.1. The van der Waals surface area contributed by atoms with E-state index in [-0.39, 0.29) is 12.7 Å². The van der Waals surface area contributed by atoms with Gasteiger partial charge in [-0.05, 0) is 45.6 Å². The van der Waals surface area contributed by atoms with Crippen LogP contribution in [-0.2, 0) is 17.6 Å². The summed E-state index contributed by atoms with van der Waals surface area (Å²) in [4.78, 5) is 11.9. The van der Waals surface area contributed by atoms with Gasteiger partial charge in [0.15, 0.2) is 11.5 Å². The normalized spacial score (nSPS) is 12.6. The molecule has 1 heterocycles. The smallest absolute Gasteiger partial charge is 0.244 e. The second-order valence-corrected chi connectivity index (χ2v) is 6.22. The molecule has 0 fully saturated rings. The van der Waals surface area contributed by atoms with Crippen LogP contribution in [-0.4, -0.2) is 18.9 Å². The van der Waals surface area contributed by atoms with Gasteiger partial charge in [-0.3, -0.25) is 4.79 Å². The molecule has 0 saturated heterocycles. The molecule has 0 saturated carbocycles. The summed E-state index contributed by atoms with van der Waals surface area (Å²) in [5.41, 5.74) is 5.56. The van der Waals surface area contributed by atoms with Crippen LogP contribution in [0.3, 0.4) is 0 Å². The van der Waals surface area contributed by atoms with Gasteiger partial charge in [0.2, 0.25) is 12.7 Å². The molecule has 6 heteroatoms. The van der Waals surface area contributed by atoms with Crippen molar-refractivity contribution in [2.24, 2.45) is 5.10 Å². The van der Waals surface area contributed by atoms with E-state index in [1.54, 1.807) is 6.21 Å². The number of hydrogen-bond acceptors (Lipinski definition) is 4. The molecule has 0 radical (unpaired) electrons. The van der Waals surface area contributed by atoms with Crippen molar-refractivity contribution in [1.29, 1.82) is 0 Å². The topological polar surface area (TPSA) is 59.9 Å². The van der Waals surface area contributed by atoms with Crippen LogP contribution in [0.1, 0.15) is 23.6 Å². The number of hydrogen-bond donors (Lipinski definition) is 1. The first-order chi connectivity index (χ1) is 11.7. The zero-order chi connectivity index (χ0) is 16.9. The van der Waals surface area contributed by atoms with E-state index in [1.165, 1.54) is 5.56 Å². The number of benzene rings is 2. The van der Waals surface area contributed by atoms with E-state index in [0.29, 0.717) is 17.9 Å². The van der Waals surface area contributed by atoms with Crippen molar-refractivity contribution in [3.05, 3.63) is 57.6 Å². The molecular weight excluding hydrogens is 372 g/mol. The van der Waals surface area contributed by atoms with Crippen molar-refractivity contribution < 1.29 is 14.3 Å². The fourth-order valence-corrected chi connectivity index (χ4v) is 2.75. The summed E-state index contributed by atoms with van der Waals surface area (Å²) in [5, 5.41) is 4.01. The fraction of sp³-hybridized carbons (Fsp3) is 0.222. The zero-order valence-corrected chi connectivity index (χ0v) is 14.8. The molecule has 5 nitrogen and oxygen atoms in total. The fourth-order valence-electron chi connectivity index (χ4n) is 2.32. The maximum atomic E-state index is 11.9. The minimum Gasteiger partial charge on any atom is -0.454 e. The number of halogens is 1. The molecule has 1 aliphatic heterocycles. The largest absolute Gasteiger partial charge is 0.454 e. The van der Waals surface area contributed by atoms with Crippen LogP contribution in [0.5, 0.6) is 11.5 Å². The summed E-state index contributed by atoms with van der Waals surface area (Å²) in [7, 11) is 0. The molecule has 1 aliphatic rings.